The highest BCUT2D eigenvalue weighted by atomic mass is 35.5. The molecule has 0 aliphatic heterocycles. The lowest BCUT2D eigenvalue weighted by Crippen LogP contribution is -2.39. The highest BCUT2D eigenvalue weighted by Gasteiger charge is 2.05. The van der Waals surface area contributed by atoms with Crippen molar-refractivity contribution in [2.24, 2.45) is 4.99 Å². The van der Waals surface area contributed by atoms with Gasteiger partial charge in [0.2, 0.25) is 0 Å². The second-order valence-corrected chi connectivity index (χ2v) is 6.42. The molecular formula is C17H20Cl2N8. The Balaban J connectivity index is 1.54. The third-order valence-electron chi connectivity index (χ3n) is 3.62. The smallest absolute Gasteiger partial charge is 0.191 e. The molecule has 0 aliphatic rings. The summed E-state index contributed by atoms with van der Waals surface area (Å²) in [4.78, 5) is 8.73. The summed E-state index contributed by atoms with van der Waals surface area (Å²) in [5.41, 5.74) is 0.803. The minimum atomic E-state index is 0.415. The van der Waals surface area contributed by atoms with Crippen LogP contribution >= 0.6 is 23.2 Å². The van der Waals surface area contributed by atoms with Crippen LogP contribution in [0.2, 0.25) is 10.0 Å². The molecule has 0 saturated heterocycles. The van der Waals surface area contributed by atoms with Crippen molar-refractivity contribution < 1.29 is 0 Å². The average Bonchev–Trinajstić information content (AvgIpc) is 3.08. The number of anilines is 1. The summed E-state index contributed by atoms with van der Waals surface area (Å²) in [6.07, 6.45) is 3.48. The molecule has 0 amide bonds. The Bertz CT molecular complexity index is 924. The number of pyridine rings is 2. The number of fused-ring (bicyclic) bond motifs is 1. The van der Waals surface area contributed by atoms with Crippen molar-refractivity contribution >= 4 is 40.6 Å². The molecular weight excluding hydrogens is 387 g/mol. The summed E-state index contributed by atoms with van der Waals surface area (Å²) >= 11 is 11.9. The molecule has 0 bridgehead atoms. The van der Waals surface area contributed by atoms with Crippen molar-refractivity contribution in [3.8, 4) is 0 Å². The first-order chi connectivity index (χ1) is 13.2. The van der Waals surface area contributed by atoms with Crippen LogP contribution in [0.3, 0.4) is 0 Å². The minimum Gasteiger partial charge on any atom is -0.367 e. The van der Waals surface area contributed by atoms with Crippen molar-refractivity contribution in [3.05, 3.63) is 52.5 Å². The number of halogens is 2. The monoisotopic (exact) mass is 406 g/mol. The number of aliphatic imine (C=N–C) groups is 1. The molecule has 0 atom stereocenters. The van der Waals surface area contributed by atoms with Gasteiger partial charge in [0.15, 0.2) is 17.4 Å². The van der Waals surface area contributed by atoms with E-state index in [1.165, 1.54) is 0 Å². The van der Waals surface area contributed by atoms with E-state index in [-0.39, 0.29) is 0 Å². The number of guanidine groups is 1. The second-order valence-electron chi connectivity index (χ2n) is 5.58. The third kappa shape index (κ3) is 5.21. The standard InChI is InChI=1S/C17H20Cl2N8/c1-2-20-17(22-7-6-21-16-13(19)9-12(18)10-23-16)24-11-15-26-25-14-5-3-4-8-27(14)15/h3-5,8-10H,2,6-7,11H2,1H3,(H,21,23)(H2,20,22,24). The SMILES string of the molecule is CCNC(=NCc1nnc2ccccn12)NCCNc1ncc(Cl)cc1Cl. The van der Waals surface area contributed by atoms with Gasteiger partial charge >= 0.3 is 0 Å². The fourth-order valence-electron chi connectivity index (χ4n) is 2.40. The largest absolute Gasteiger partial charge is 0.367 e. The zero-order chi connectivity index (χ0) is 19.1. The second kappa shape index (κ2) is 9.38. The van der Waals surface area contributed by atoms with E-state index >= 15 is 0 Å². The van der Waals surface area contributed by atoms with Crippen LogP contribution in [-0.4, -0.2) is 45.2 Å². The molecule has 0 spiro atoms. The number of nitrogens with zero attached hydrogens (tertiary/aromatic N) is 5. The van der Waals surface area contributed by atoms with Gasteiger partial charge in [-0.15, -0.1) is 10.2 Å². The van der Waals surface area contributed by atoms with E-state index in [2.05, 4.69) is 36.1 Å². The van der Waals surface area contributed by atoms with Crippen LogP contribution in [0.1, 0.15) is 12.7 Å². The van der Waals surface area contributed by atoms with Crippen LogP contribution in [0.25, 0.3) is 5.65 Å². The molecule has 3 rings (SSSR count). The minimum absolute atomic E-state index is 0.415. The first-order valence-electron chi connectivity index (χ1n) is 8.53. The van der Waals surface area contributed by atoms with E-state index in [4.69, 9.17) is 23.2 Å². The predicted octanol–water partition coefficient (Wildman–Crippen LogP) is 2.60. The van der Waals surface area contributed by atoms with Gasteiger partial charge in [-0.25, -0.2) is 9.98 Å². The molecule has 0 aliphatic carbocycles. The third-order valence-corrected chi connectivity index (χ3v) is 4.12. The van der Waals surface area contributed by atoms with Crippen LogP contribution in [0.4, 0.5) is 5.82 Å². The first-order valence-corrected chi connectivity index (χ1v) is 9.28. The predicted molar refractivity (Wildman–Crippen MR) is 109 cm³/mol. The van der Waals surface area contributed by atoms with Gasteiger partial charge < -0.3 is 16.0 Å². The van der Waals surface area contributed by atoms with Crippen molar-refractivity contribution in [2.45, 2.75) is 13.5 Å². The quantitative estimate of drug-likeness (QED) is 0.317. The summed E-state index contributed by atoms with van der Waals surface area (Å²) < 4.78 is 1.92. The zero-order valence-electron chi connectivity index (χ0n) is 14.8. The van der Waals surface area contributed by atoms with Crippen LogP contribution in [0.15, 0.2) is 41.7 Å². The lowest BCUT2D eigenvalue weighted by atomic mass is 10.4. The molecule has 27 heavy (non-hydrogen) atoms. The Hall–Kier alpha value is -2.58. The maximum atomic E-state index is 6.09. The summed E-state index contributed by atoms with van der Waals surface area (Å²) in [6, 6.07) is 7.43. The Morgan fingerprint density at radius 2 is 2.07 bits per heavy atom. The highest BCUT2D eigenvalue weighted by Crippen LogP contribution is 2.21. The van der Waals surface area contributed by atoms with Crippen molar-refractivity contribution in [1.29, 1.82) is 0 Å². The van der Waals surface area contributed by atoms with Crippen LogP contribution in [-0.2, 0) is 6.54 Å². The molecule has 3 N–H and O–H groups in total. The number of rotatable bonds is 7. The maximum absolute atomic E-state index is 6.09. The Kier molecular flexibility index (Phi) is 6.67. The molecule has 142 valence electrons. The molecule has 8 nitrogen and oxygen atoms in total. The van der Waals surface area contributed by atoms with Gasteiger partial charge in [0.1, 0.15) is 12.4 Å². The Morgan fingerprint density at radius 1 is 1.19 bits per heavy atom. The van der Waals surface area contributed by atoms with E-state index in [1.807, 2.05) is 35.7 Å². The fourth-order valence-corrected chi connectivity index (χ4v) is 2.84. The Labute approximate surface area is 167 Å². The molecule has 10 heteroatoms. The summed E-state index contributed by atoms with van der Waals surface area (Å²) in [6.45, 7) is 4.43. The lowest BCUT2D eigenvalue weighted by molar-refractivity contribution is 0.802. The molecule has 3 aromatic heterocycles. The van der Waals surface area contributed by atoms with Crippen LogP contribution < -0.4 is 16.0 Å². The zero-order valence-corrected chi connectivity index (χ0v) is 16.3. The molecule has 0 radical (unpaired) electrons. The fraction of sp³-hybridized carbons (Fsp3) is 0.294. The van der Waals surface area contributed by atoms with Crippen molar-refractivity contribution in [2.75, 3.05) is 25.0 Å². The van der Waals surface area contributed by atoms with Gasteiger partial charge in [-0.1, -0.05) is 29.3 Å². The van der Waals surface area contributed by atoms with E-state index in [1.54, 1.807) is 12.3 Å². The Morgan fingerprint density at radius 3 is 2.89 bits per heavy atom. The normalized spacial score (nSPS) is 11.6. The summed E-state index contributed by atoms with van der Waals surface area (Å²) in [5.74, 6) is 2.07. The van der Waals surface area contributed by atoms with Gasteiger partial charge in [0.05, 0.1) is 10.0 Å². The van der Waals surface area contributed by atoms with Crippen LogP contribution in [0.5, 0.6) is 0 Å². The van der Waals surface area contributed by atoms with E-state index in [9.17, 15) is 0 Å². The number of nitrogens with one attached hydrogen (secondary N) is 3. The maximum Gasteiger partial charge on any atom is 0.191 e. The summed E-state index contributed by atoms with van der Waals surface area (Å²) in [5, 5.41) is 18.9. The first kappa shape index (κ1) is 19.2. The lowest BCUT2D eigenvalue weighted by Gasteiger charge is -2.12. The molecule has 0 aromatic carbocycles. The average molecular weight is 407 g/mol. The van der Waals surface area contributed by atoms with Crippen molar-refractivity contribution in [3.63, 3.8) is 0 Å². The molecule has 0 fully saturated rings. The van der Waals surface area contributed by atoms with Crippen LogP contribution in [0, 0.1) is 0 Å². The number of aromatic nitrogens is 4. The number of hydrogen-bond acceptors (Lipinski definition) is 5. The molecule has 3 aromatic rings. The highest BCUT2D eigenvalue weighted by molar-refractivity contribution is 6.35. The topological polar surface area (TPSA) is 91.5 Å². The van der Waals surface area contributed by atoms with Crippen molar-refractivity contribution in [1.82, 2.24) is 30.2 Å². The van der Waals surface area contributed by atoms with E-state index in [0.717, 1.165) is 18.0 Å². The van der Waals surface area contributed by atoms with Gasteiger partial charge in [0, 0.05) is 32.0 Å². The van der Waals surface area contributed by atoms with E-state index in [0.29, 0.717) is 41.5 Å². The summed E-state index contributed by atoms with van der Waals surface area (Å²) in [7, 11) is 0. The molecule has 3 heterocycles. The van der Waals surface area contributed by atoms with Gasteiger partial charge in [-0.2, -0.15) is 0 Å². The van der Waals surface area contributed by atoms with E-state index < -0.39 is 0 Å². The molecule has 0 unspecified atom stereocenters. The van der Waals surface area contributed by atoms with Gasteiger partial charge in [-0.3, -0.25) is 4.40 Å². The molecule has 0 saturated carbocycles. The number of hydrogen-bond donors (Lipinski definition) is 3. The van der Waals surface area contributed by atoms with Gasteiger partial charge in [-0.05, 0) is 25.1 Å². The van der Waals surface area contributed by atoms with Gasteiger partial charge in [0.25, 0.3) is 0 Å².